The Hall–Kier alpha value is -3.57. The number of hydrogen-bond acceptors (Lipinski definition) is 5. The van der Waals surface area contributed by atoms with Gasteiger partial charge in [0.15, 0.2) is 0 Å². The highest BCUT2D eigenvalue weighted by Crippen LogP contribution is 2.46. The molecule has 8 heteroatoms. The first kappa shape index (κ1) is 20.1. The van der Waals surface area contributed by atoms with Gasteiger partial charge in [0.2, 0.25) is 10.0 Å². The topological polar surface area (TPSA) is 90.5 Å². The highest BCUT2D eigenvalue weighted by Gasteiger charge is 2.47. The van der Waals surface area contributed by atoms with Crippen molar-refractivity contribution in [2.75, 3.05) is 15.9 Å². The van der Waals surface area contributed by atoms with Crippen LogP contribution in [0.4, 0.5) is 11.4 Å². The Balaban J connectivity index is 1.45. The van der Waals surface area contributed by atoms with Crippen molar-refractivity contribution < 1.29 is 8.42 Å². The predicted octanol–water partition coefficient (Wildman–Crippen LogP) is 4.41. The van der Waals surface area contributed by atoms with Gasteiger partial charge in [0.1, 0.15) is 0 Å². The van der Waals surface area contributed by atoms with Gasteiger partial charge >= 0.3 is 0 Å². The van der Waals surface area contributed by atoms with Crippen molar-refractivity contribution >= 4 is 37.7 Å². The number of pyridine rings is 1. The second-order valence-electron chi connectivity index (χ2n) is 9.07. The zero-order valence-corrected chi connectivity index (χ0v) is 19.0. The quantitative estimate of drug-likeness (QED) is 0.490. The van der Waals surface area contributed by atoms with Crippen LogP contribution in [0.2, 0.25) is 0 Å². The van der Waals surface area contributed by atoms with Crippen molar-refractivity contribution in [1.82, 2.24) is 9.61 Å². The summed E-state index contributed by atoms with van der Waals surface area (Å²) in [6.45, 7) is 0. The smallest absolute Gasteiger partial charge is 0.229 e. The average molecular weight is 458 g/mol. The van der Waals surface area contributed by atoms with Crippen molar-refractivity contribution in [3.05, 3.63) is 60.9 Å². The van der Waals surface area contributed by atoms with Crippen LogP contribution in [0.25, 0.3) is 27.4 Å². The molecule has 0 spiro atoms. The zero-order valence-electron chi connectivity index (χ0n) is 18.1. The molecule has 4 heterocycles. The van der Waals surface area contributed by atoms with Crippen molar-refractivity contribution in [2.24, 2.45) is 5.92 Å². The van der Waals surface area contributed by atoms with Gasteiger partial charge in [-0.1, -0.05) is 18.2 Å². The lowest BCUT2D eigenvalue weighted by atomic mass is 9.90. The van der Waals surface area contributed by atoms with Crippen LogP contribution >= 0.6 is 0 Å². The van der Waals surface area contributed by atoms with Crippen LogP contribution in [0.5, 0.6) is 0 Å². The summed E-state index contributed by atoms with van der Waals surface area (Å²) in [6.07, 6.45) is 8.14. The first-order valence-electron chi connectivity index (χ1n) is 11.1. The number of nitriles is 1. The number of aromatic nitrogens is 2. The van der Waals surface area contributed by atoms with Crippen LogP contribution in [-0.2, 0) is 10.0 Å². The van der Waals surface area contributed by atoms with Gasteiger partial charge in [-0.05, 0) is 65.9 Å². The van der Waals surface area contributed by atoms with Crippen molar-refractivity contribution in [3.8, 4) is 17.2 Å². The van der Waals surface area contributed by atoms with E-state index in [0.29, 0.717) is 11.7 Å². The van der Waals surface area contributed by atoms with Crippen LogP contribution in [0.15, 0.2) is 60.9 Å². The van der Waals surface area contributed by atoms with E-state index >= 15 is 0 Å². The standard InChI is InChI=1S/C25H23N5O2S/c1-33(31,32)28-20-7-6-16-11-18(5-4-17(16)12-20)22-15-27-29-10-2-3-24(25(22)29)30-21-8-9-23(30)19(13-21)14-26/h2-7,10-12,15,19,21,23,28H,8-9,13H2,1H3. The molecule has 0 saturated carbocycles. The molecule has 4 aromatic rings. The monoisotopic (exact) mass is 457 g/mol. The number of fused-ring (bicyclic) bond motifs is 4. The average Bonchev–Trinajstić information content (AvgIpc) is 3.50. The summed E-state index contributed by atoms with van der Waals surface area (Å²) in [5.74, 6) is 0.0887. The molecule has 0 amide bonds. The largest absolute Gasteiger partial charge is 0.362 e. The summed E-state index contributed by atoms with van der Waals surface area (Å²) in [5, 5.41) is 16.2. The molecule has 0 radical (unpaired) electrons. The van der Waals surface area contributed by atoms with Gasteiger partial charge < -0.3 is 4.90 Å². The van der Waals surface area contributed by atoms with Gasteiger partial charge in [-0.2, -0.15) is 10.4 Å². The van der Waals surface area contributed by atoms with E-state index in [0.717, 1.165) is 58.6 Å². The van der Waals surface area contributed by atoms with Gasteiger partial charge in [0.25, 0.3) is 0 Å². The van der Waals surface area contributed by atoms with Crippen molar-refractivity contribution in [2.45, 2.75) is 31.3 Å². The van der Waals surface area contributed by atoms with Crippen molar-refractivity contribution in [1.29, 1.82) is 5.26 Å². The van der Waals surface area contributed by atoms with E-state index in [2.05, 4.69) is 39.0 Å². The first-order chi connectivity index (χ1) is 15.9. The lowest BCUT2D eigenvalue weighted by Gasteiger charge is -2.26. The number of nitrogens with zero attached hydrogens (tertiary/aromatic N) is 4. The number of sulfonamides is 1. The third kappa shape index (κ3) is 3.31. The van der Waals surface area contributed by atoms with E-state index in [-0.39, 0.29) is 12.0 Å². The molecule has 1 N–H and O–H groups in total. The highest BCUT2D eigenvalue weighted by molar-refractivity contribution is 7.92. The Morgan fingerprint density at radius 1 is 1.12 bits per heavy atom. The molecule has 3 atom stereocenters. The molecular formula is C25H23N5O2S. The molecular weight excluding hydrogens is 434 g/mol. The van der Waals surface area contributed by atoms with E-state index < -0.39 is 10.0 Å². The molecule has 0 aliphatic carbocycles. The lowest BCUT2D eigenvalue weighted by molar-refractivity contribution is 0.490. The van der Waals surface area contributed by atoms with E-state index in [1.54, 1.807) is 6.07 Å². The maximum atomic E-state index is 11.6. The fourth-order valence-electron chi connectivity index (χ4n) is 5.64. The number of anilines is 2. The zero-order chi connectivity index (χ0) is 22.7. The maximum Gasteiger partial charge on any atom is 0.229 e. The number of benzene rings is 2. The van der Waals surface area contributed by atoms with Crippen LogP contribution in [-0.4, -0.2) is 36.4 Å². The summed E-state index contributed by atoms with van der Waals surface area (Å²) in [5.41, 5.74) is 4.85. The molecule has 6 rings (SSSR count). The summed E-state index contributed by atoms with van der Waals surface area (Å²) in [6, 6.07) is 19.1. The molecule has 2 aliphatic heterocycles. The van der Waals surface area contributed by atoms with E-state index in [9.17, 15) is 13.7 Å². The molecule has 2 aliphatic rings. The minimum atomic E-state index is -3.32. The molecule has 2 fully saturated rings. The first-order valence-corrected chi connectivity index (χ1v) is 13.0. The molecule has 7 nitrogen and oxygen atoms in total. The van der Waals surface area contributed by atoms with Gasteiger partial charge in [-0.15, -0.1) is 0 Å². The van der Waals surface area contributed by atoms with E-state index in [1.807, 2.05) is 41.2 Å². The molecule has 2 aromatic heterocycles. The second kappa shape index (κ2) is 7.22. The fraction of sp³-hybridized carbons (Fsp3) is 0.280. The molecule has 2 bridgehead atoms. The highest BCUT2D eigenvalue weighted by atomic mass is 32.2. The van der Waals surface area contributed by atoms with Crippen LogP contribution < -0.4 is 9.62 Å². The third-order valence-corrected chi connectivity index (χ3v) is 7.56. The molecule has 33 heavy (non-hydrogen) atoms. The van der Waals surface area contributed by atoms with Crippen LogP contribution in [0, 0.1) is 17.2 Å². The summed E-state index contributed by atoms with van der Waals surface area (Å²) < 4.78 is 27.6. The molecule has 3 unspecified atom stereocenters. The summed E-state index contributed by atoms with van der Waals surface area (Å²) in [7, 11) is -3.32. The molecule has 2 saturated heterocycles. The number of nitrogens with one attached hydrogen (secondary N) is 1. The predicted molar refractivity (Wildman–Crippen MR) is 130 cm³/mol. The Morgan fingerprint density at radius 3 is 2.73 bits per heavy atom. The minimum absolute atomic E-state index is 0.0887. The fourth-order valence-corrected chi connectivity index (χ4v) is 6.19. The molecule has 166 valence electrons. The number of rotatable bonds is 4. The summed E-state index contributed by atoms with van der Waals surface area (Å²) >= 11 is 0. The van der Waals surface area contributed by atoms with E-state index in [1.165, 1.54) is 0 Å². The molecule has 2 aromatic carbocycles. The minimum Gasteiger partial charge on any atom is -0.362 e. The van der Waals surface area contributed by atoms with Crippen LogP contribution in [0.1, 0.15) is 19.3 Å². The van der Waals surface area contributed by atoms with Gasteiger partial charge in [0.05, 0.1) is 35.6 Å². The van der Waals surface area contributed by atoms with Gasteiger partial charge in [0, 0.05) is 29.5 Å². The Bertz CT molecular complexity index is 1550. The Kier molecular flexibility index (Phi) is 4.39. The van der Waals surface area contributed by atoms with Crippen molar-refractivity contribution in [3.63, 3.8) is 0 Å². The van der Waals surface area contributed by atoms with E-state index in [4.69, 9.17) is 0 Å². The Labute approximate surface area is 192 Å². The normalized spacial score (nSPS) is 22.2. The van der Waals surface area contributed by atoms with Crippen LogP contribution in [0.3, 0.4) is 0 Å². The maximum absolute atomic E-state index is 11.6. The number of hydrogen-bond donors (Lipinski definition) is 1. The second-order valence-corrected chi connectivity index (χ2v) is 10.8. The van der Waals surface area contributed by atoms with Gasteiger partial charge in [-0.25, -0.2) is 12.9 Å². The third-order valence-electron chi connectivity index (χ3n) is 6.95. The Morgan fingerprint density at radius 2 is 1.94 bits per heavy atom. The SMILES string of the molecule is CS(=O)(=O)Nc1ccc2cc(-c3cnn4cccc(N5C6CCC5C(C#N)C6)c34)ccc2c1. The lowest BCUT2D eigenvalue weighted by Crippen LogP contribution is -2.30. The van der Waals surface area contributed by atoms with Gasteiger partial charge in [-0.3, -0.25) is 4.72 Å². The summed E-state index contributed by atoms with van der Waals surface area (Å²) in [4.78, 5) is 2.46.